The molecule has 0 radical (unpaired) electrons. The molecular weight excluding hydrogens is 362 g/mol. The third-order valence-electron chi connectivity index (χ3n) is 5.00. The third kappa shape index (κ3) is 5.33. The van der Waals surface area contributed by atoms with Crippen LogP contribution < -0.4 is 5.32 Å². The van der Waals surface area contributed by atoms with Crippen molar-refractivity contribution < 1.29 is 9.59 Å². The van der Waals surface area contributed by atoms with Crippen LogP contribution in [0.25, 0.3) is 22.0 Å². The summed E-state index contributed by atoms with van der Waals surface area (Å²) < 4.78 is 0. The molecule has 152 valence electrons. The number of H-pyrrole nitrogens is 1. The molecule has 5 heteroatoms. The maximum atomic E-state index is 12.3. The second-order valence-electron chi connectivity index (χ2n) is 7.65. The van der Waals surface area contributed by atoms with Gasteiger partial charge in [0.15, 0.2) is 5.78 Å². The number of hydrogen-bond acceptors (Lipinski definition) is 3. The fourth-order valence-corrected chi connectivity index (χ4v) is 3.24. The molecule has 0 aliphatic rings. The lowest BCUT2D eigenvalue weighted by Crippen LogP contribution is -2.31. The molecule has 2 N–H and O–H groups in total. The summed E-state index contributed by atoms with van der Waals surface area (Å²) in [5.41, 5.74) is 4.39. The number of aromatic amines is 1. The van der Waals surface area contributed by atoms with E-state index >= 15 is 0 Å². The van der Waals surface area contributed by atoms with Crippen molar-refractivity contribution in [1.82, 2.24) is 15.2 Å². The summed E-state index contributed by atoms with van der Waals surface area (Å²) in [6, 6.07) is 15.7. The normalized spacial score (nSPS) is 11.2. The summed E-state index contributed by atoms with van der Waals surface area (Å²) in [6.07, 6.45) is 2.50. The molecule has 3 aromatic rings. The standard InChI is InChI=1S/C24H29N3O2/c1-4-5-6-23(28)22-16-20-15-19(11-12-21(20)26-22)17-7-9-18(10-8-17)24(29)25-13-14-27(2)3/h7-12,15-16,26H,4-6,13-14H2,1-3H3,(H,25,29). The molecule has 0 atom stereocenters. The van der Waals surface area contributed by atoms with Gasteiger partial charge in [0.05, 0.1) is 5.69 Å². The van der Waals surface area contributed by atoms with Gasteiger partial charge in [0.2, 0.25) is 0 Å². The number of rotatable bonds is 9. The highest BCUT2D eigenvalue weighted by molar-refractivity contribution is 6.00. The average Bonchev–Trinajstić information content (AvgIpc) is 3.15. The van der Waals surface area contributed by atoms with Crippen molar-refractivity contribution in [3.63, 3.8) is 0 Å². The van der Waals surface area contributed by atoms with Gasteiger partial charge in [-0.15, -0.1) is 0 Å². The number of nitrogens with zero attached hydrogens (tertiary/aromatic N) is 1. The first-order valence-electron chi connectivity index (χ1n) is 10.2. The van der Waals surface area contributed by atoms with Crippen LogP contribution in [0.2, 0.25) is 0 Å². The third-order valence-corrected chi connectivity index (χ3v) is 5.00. The Labute approximate surface area is 172 Å². The first kappa shape index (κ1) is 20.8. The summed E-state index contributed by atoms with van der Waals surface area (Å²) in [5.74, 6) is 0.101. The minimum Gasteiger partial charge on any atom is -0.352 e. The molecule has 1 amide bonds. The van der Waals surface area contributed by atoms with Crippen molar-refractivity contribution in [3.05, 3.63) is 59.8 Å². The van der Waals surface area contributed by atoms with Gasteiger partial charge in [-0.1, -0.05) is 31.5 Å². The number of ketones is 1. The zero-order valence-corrected chi connectivity index (χ0v) is 17.4. The van der Waals surface area contributed by atoms with Crippen molar-refractivity contribution >= 4 is 22.6 Å². The summed E-state index contributed by atoms with van der Waals surface area (Å²) in [7, 11) is 3.96. The monoisotopic (exact) mass is 391 g/mol. The first-order valence-corrected chi connectivity index (χ1v) is 10.2. The highest BCUT2D eigenvalue weighted by Gasteiger charge is 2.10. The lowest BCUT2D eigenvalue weighted by atomic mass is 10.0. The van der Waals surface area contributed by atoms with E-state index in [1.54, 1.807) is 0 Å². The Kier molecular flexibility index (Phi) is 6.83. The molecule has 3 rings (SSSR count). The predicted molar refractivity (Wildman–Crippen MR) is 118 cm³/mol. The zero-order valence-electron chi connectivity index (χ0n) is 17.4. The SMILES string of the molecule is CCCCC(=O)c1cc2cc(-c3ccc(C(=O)NCCN(C)C)cc3)ccc2[nH]1. The number of nitrogens with one attached hydrogen (secondary N) is 2. The Hall–Kier alpha value is -2.92. The van der Waals surface area contributed by atoms with E-state index in [1.165, 1.54) is 0 Å². The molecule has 0 fully saturated rings. The van der Waals surface area contributed by atoms with Crippen LogP contribution >= 0.6 is 0 Å². The first-order chi connectivity index (χ1) is 14.0. The van der Waals surface area contributed by atoms with Gasteiger partial charge in [0, 0.05) is 36.0 Å². The number of carbonyl (C=O) groups is 2. The molecule has 0 aliphatic carbocycles. The molecule has 29 heavy (non-hydrogen) atoms. The van der Waals surface area contributed by atoms with Gasteiger partial charge in [-0.05, 0) is 62.0 Å². The van der Waals surface area contributed by atoms with Gasteiger partial charge in [-0.25, -0.2) is 0 Å². The summed E-state index contributed by atoms with van der Waals surface area (Å²) in [5, 5.41) is 3.95. The Balaban J connectivity index is 1.73. The van der Waals surface area contributed by atoms with Crippen LogP contribution in [0, 0.1) is 0 Å². The molecular formula is C24H29N3O2. The van der Waals surface area contributed by atoms with Gasteiger partial charge in [0.25, 0.3) is 5.91 Å². The Morgan fingerprint density at radius 2 is 1.72 bits per heavy atom. The second kappa shape index (κ2) is 9.52. The van der Waals surface area contributed by atoms with Crippen LogP contribution in [-0.4, -0.2) is 48.8 Å². The van der Waals surface area contributed by atoms with Gasteiger partial charge in [-0.3, -0.25) is 9.59 Å². The largest absolute Gasteiger partial charge is 0.352 e. The van der Waals surface area contributed by atoms with Crippen molar-refractivity contribution in [2.24, 2.45) is 0 Å². The van der Waals surface area contributed by atoms with Gasteiger partial charge >= 0.3 is 0 Å². The van der Waals surface area contributed by atoms with Crippen molar-refractivity contribution in [2.75, 3.05) is 27.2 Å². The molecule has 0 saturated carbocycles. The minimum atomic E-state index is -0.0604. The summed E-state index contributed by atoms with van der Waals surface area (Å²) >= 11 is 0. The van der Waals surface area contributed by atoms with Crippen LogP contribution in [-0.2, 0) is 0 Å². The summed E-state index contributed by atoms with van der Waals surface area (Å²) in [4.78, 5) is 29.8. The Morgan fingerprint density at radius 3 is 2.41 bits per heavy atom. The fraction of sp³-hybridized carbons (Fsp3) is 0.333. The maximum Gasteiger partial charge on any atom is 0.251 e. The van der Waals surface area contributed by atoms with E-state index in [1.807, 2.05) is 61.5 Å². The zero-order chi connectivity index (χ0) is 20.8. The molecule has 0 aliphatic heterocycles. The molecule has 0 spiro atoms. The molecule has 0 saturated heterocycles. The van der Waals surface area contributed by atoms with Crippen LogP contribution in [0.4, 0.5) is 0 Å². The highest BCUT2D eigenvalue weighted by Crippen LogP contribution is 2.26. The van der Waals surface area contributed by atoms with Crippen LogP contribution in [0.5, 0.6) is 0 Å². The fourth-order valence-electron chi connectivity index (χ4n) is 3.24. The Morgan fingerprint density at radius 1 is 1.00 bits per heavy atom. The van der Waals surface area contributed by atoms with E-state index in [0.29, 0.717) is 24.2 Å². The Bertz CT molecular complexity index is 987. The molecule has 1 aromatic heterocycles. The van der Waals surface area contributed by atoms with E-state index in [9.17, 15) is 9.59 Å². The van der Waals surface area contributed by atoms with Crippen LogP contribution in [0.15, 0.2) is 48.5 Å². The number of fused-ring (bicyclic) bond motifs is 1. The quantitative estimate of drug-likeness (QED) is 0.528. The number of amides is 1. The van der Waals surface area contributed by atoms with Crippen molar-refractivity contribution in [1.29, 1.82) is 0 Å². The molecule has 5 nitrogen and oxygen atoms in total. The smallest absolute Gasteiger partial charge is 0.251 e. The minimum absolute atomic E-state index is 0.0604. The molecule has 2 aromatic carbocycles. The molecule has 1 heterocycles. The van der Waals surface area contributed by atoms with Gasteiger partial charge in [-0.2, -0.15) is 0 Å². The topological polar surface area (TPSA) is 65.2 Å². The number of benzene rings is 2. The molecule has 0 unspecified atom stereocenters. The van der Waals surface area contributed by atoms with E-state index in [2.05, 4.69) is 23.3 Å². The van der Waals surface area contributed by atoms with Crippen molar-refractivity contribution in [3.8, 4) is 11.1 Å². The average molecular weight is 392 g/mol. The number of hydrogen-bond donors (Lipinski definition) is 2. The summed E-state index contributed by atoms with van der Waals surface area (Å²) in [6.45, 7) is 3.52. The number of likely N-dealkylation sites (N-methyl/N-ethyl adjacent to an activating group) is 1. The lowest BCUT2D eigenvalue weighted by molar-refractivity contribution is 0.0948. The predicted octanol–water partition coefficient (Wildman–Crippen LogP) is 4.50. The maximum absolute atomic E-state index is 12.3. The van der Waals surface area contributed by atoms with E-state index < -0.39 is 0 Å². The van der Waals surface area contributed by atoms with E-state index in [-0.39, 0.29) is 11.7 Å². The number of unbranched alkanes of at least 4 members (excludes halogenated alkanes) is 1. The number of carbonyl (C=O) groups excluding carboxylic acids is 2. The van der Waals surface area contributed by atoms with Crippen LogP contribution in [0.1, 0.15) is 47.0 Å². The van der Waals surface area contributed by atoms with E-state index in [0.717, 1.165) is 41.4 Å². The van der Waals surface area contributed by atoms with E-state index in [4.69, 9.17) is 0 Å². The molecule has 0 bridgehead atoms. The number of aromatic nitrogens is 1. The van der Waals surface area contributed by atoms with Gasteiger partial charge < -0.3 is 15.2 Å². The van der Waals surface area contributed by atoms with Crippen LogP contribution in [0.3, 0.4) is 0 Å². The second-order valence-corrected chi connectivity index (χ2v) is 7.65. The highest BCUT2D eigenvalue weighted by atomic mass is 16.1. The van der Waals surface area contributed by atoms with Crippen molar-refractivity contribution in [2.45, 2.75) is 26.2 Å². The lowest BCUT2D eigenvalue weighted by Gasteiger charge is -2.10. The number of Topliss-reactive ketones (excluding diaryl/α,β-unsaturated/α-hetero) is 1. The van der Waals surface area contributed by atoms with Gasteiger partial charge in [0.1, 0.15) is 0 Å².